The van der Waals surface area contributed by atoms with Gasteiger partial charge in [-0.3, -0.25) is 4.79 Å². The molecule has 0 aliphatic heterocycles. The van der Waals surface area contributed by atoms with Crippen molar-refractivity contribution < 1.29 is 9.21 Å². The first-order chi connectivity index (χ1) is 10.7. The van der Waals surface area contributed by atoms with Gasteiger partial charge in [0.25, 0.3) is 5.91 Å². The Balaban J connectivity index is 1.70. The van der Waals surface area contributed by atoms with Gasteiger partial charge in [0.2, 0.25) is 0 Å². The van der Waals surface area contributed by atoms with Crippen LogP contribution in [0, 0.1) is 0 Å². The summed E-state index contributed by atoms with van der Waals surface area (Å²) in [5.74, 6) is 0.0139. The molecule has 0 fully saturated rings. The Kier molecular flexibility index (Phi) is 3.01. The van der Waals surface area contributed by atoms with Crippen molar-refractivity contribution in [3.63, 3.8) is 0 Å². The minimum atomic E-state index is -0.271. The fourth-order valence-corrected chi connectivity index (χ4v) is 2.96. The zero-order valence-corrected chi connectivity index (χ0v) is 13.0. The van der Waals surface area contributed by atoms with Crippen molar-refractivity contribution in [1.82, 2.24) is 4.98 Å². The fraction of sp³-hybridized carbons (Fsp3) is 0. The third kappa shape index (κ3) is 2.10. The lowest BCUT2D eigenvalue weighted by atomic mass is 10.2. The Morgan fingerprint density at radius 1 is 1.09 bits per heavy atom. The highest BCUT2D eigenvalue weighted by molar-refractivity contribution is 9.10. The molecule has 0 spiro atoms. The monoisotopic (exact) mass is 354 g/mol. The molecule has 4 aromatic rings. The normalized spacial score (nSPS) is 11.1. The minimum absolute atomic E-state index is 0.271. The van der Waals surface area contributed by atoms with Gasteiger partial charge in [0.1, 0.15) is 5.58 Å². The van der Waals surface area contributed by atoms with E-state index in [1.807, 2.05) is 42.5 Å². The molecule has 0 radical (unpaired) electrons. The molecule has 1 amide bonds. The summed E-state index contributed by atoms with van der Waals surface area (Å²) < 4.78 is 6.52. The van der Waals surface area contributed by atoms with Crippen LogP contribution >= 0.6 is 15.9 Å². The zero-order chi connectivity index (χ0) is 15.1. The fourth-order valence-electron chi connectivity index (χ4n) is 2.50. The predicted molar refractivity (Wildman–Crippen MR) is 90.2 cm³/mol. The lowest BCUT2D eigenvalue weighted by molar-refractivity contribution is 0.0999. The van der Waals surface area contributed by atoms with Crippen LogP contribution in [0.4, 0.5) is 5.69 Å². The summed E-state index contributed by atoms with van der Waals surface area (Å²) in [7, 11) is 0. The molecular weight excluding hydrogens is 344 g/mol. The van der Waals surface area contributed by atoms with E-state index in [4.69, 9.17) is 4.42 Å². The smallest absolute Gasteiger partial charge is 0.291 e. The van der Waals surface area contributed by atoms with E-state index in [0.29, 0.717) is 5.58 Å². The number of para-hydroxylation sites is 1. The van der Waals surface area contributed by atoms with Gasteiger partial charge in [0, 0.05) is 27.0 Å². The molecule has 5 heteroatoms. The lowest BCUT2D eigenvalue weighted by Crippen LogP contribution is -2.10. The largest absolute Gasteiger partial charge is 0.451 e. The summed E-state index contributed by atoms with van der Waals surface area (Å²) in [6.07, 6.45) is 1.78. The molecule has 0 unspecified atom stereocenters. The first-order valence-corrected chi connectivity index (χ1v) is 7.57. The van der Waals surface area contributed by atoms with E-state index in [-0.39, 0.29) is 11.7 Å². The number of hydrogen-bond acceptors (Lipinski definition) is 2. The SMILES string of the molecule is O=C(Nc1c[nH]c2ccccc12)c1cc2c(Br)cccc2o1. The number of aromatic nitrogens is 1. The number of nitrogens with one attached hydrogen (secondary N) is 2. The Bertz CT molecular complexity index is 1000. The van der Waals surface area contributed by atoms with Crippen molar-refractivity contribution >= 4 is 49.4 Å². The van der Waals surface area contributed by atoms with Gasteiger partial charge in [-0.1, -0.05) is 40.2 Å². The summed E-state index contributed by atoms with van der Waals surface area (Å²) in [5.41, 5.74) is 2.39. The third-order valence-corrected chi connectivity index (χ3v) is 4.26. The first-order valence-electron chi connectivity index (χ1n) is 6.78. The number of benzene rings is 2. The van der Waals surface area contributed by atoms with Crippen molar-refractivity contribution in [3.05, 3.63) is 65.0 Å². The molecule has 4 nitrogen and oxygen atoms in total. The van der Waals surface area contributed by atoms with Crippen molar-refractivity contribution in [2.45, 2.75) is 0 Å². The van der Waals surface area contributed by atoms with E-state index in [0.717, 1.165) is 26.4 Å². The predicted octanol–water partition coefficient (Wildman–Crippen LogP) is 4.93. The highest BCUT2D eigenvalue weighted by atomic mass is 79.9. The average Bonchev–Trinajstić information content (AvgIpc) is 3.13. The number of carbonyl (C=O) groups excluding carboxylic acids is 1. The number of fused-ring (bicyclic) bond motifs is 2. The van der Waals surface area contributed by atoms with E-state index >= 15 is 0 Å². The molecule has 2 aromatic heterocycles. The van der Waals surface area contributed by atoms with E-state index in [9.17, 15) is 4.79 Å². The maximum Gasteiger partial charge on any atom is 0.291 e. The van der Waals surface area contributed by atoms with Crippen LogP contribution in [0.2, 0.25) is 0 Å². The van der Waals surface area contributed by atoms with Crippen LogP contribution in [0.3, 0.4) is 0 Å². The van der Waals surface area contributed by atoms with Crippen LogP contribution in [0.5, 0.6) is 0 Å². The molecule has 0 bridgehead atoms. The average molecular weight is 355 g/mol. The molecule has 0 aliphatic rings. The number of hydrogen-bond donors (Lipinski definition) is 2. The maximum atomic E-state index is 12.4. The standard InChI is InChI=1S/C17H11BrN2O2/c18-12-5-3-7-15-11(12)8-16(22-15)17(21)20-14-9-19-13-6-2-1-4-10(13)14/h1-9,19H,(H,20,21). The molecule has 2 N–H and O–H groups in total. The van der Waals surface area contributed by atoms with Gasteiger partial charge in [-0.05, 0) is 24.3 Å². The Morgan fingerprint density at radius 2 is 1.95 bits per heavy atom. The summed E-state index contributed by atoms with van der Waals surface area (Å²) in [6.45, 7) is 0. The molecule has 2 heterocycles. The second kappa shape index (κ2) is 5.03. The van der Waals surface area contributed by atoms with Crippen molar-refractivity contribution in [2.24, 2.45) is 0 Å². The van der Waals surface area contributed by atoms with Crippen LogP contribution in [-0.2, 0) is 0 Å². The summed E-state index contributed by atoms with van der Waals surface area (Å²) in [5, 5.41) is 4.73. The highest BCUT2D eigenvalue weighted by Crippen LogP contribution is 2.28. The Labute approximate surface area is 134 Å². The quantitative estimate of drug-likeness (QED) is 0.536. The topological polar surface area (TPSA) is 58.0 Å². The van der Waals surface area contributed by atoms with Gasteiger partial charge in [-0.25, -0.2) is 0 Å². The molecule has 0 aliphatic carbocycles. The van der Waals surface area contributed by atoms with Gasteiger partial charge in [0.05, 0.1) is 5.69 Å². The number of rotatable bonds is 2. The number of furan rings is 1. The lowest BCUT2D eigenvalue weighted by Gasteiger charge is -2.00. The van der Waals surface area contributed by atoms with Gasteiger partial charge in [0.15, 0.2) is 5.76 Å². The van der Waals surface area contributed by atoms with Crippen LogP contribution in [0.25, 0.3) is 21.9 Å². The second-order valence-electron chi connectivity index (χ2n) is 4.96. The van der Waals surface area contributed by atoms with Gasteiger partial charge >= 0.3 is 0 Å². The van der Waals surface area contributed by atoms with Crippen molar-refractivity contribution in [2.75, 3.05) is 5.32 Å². The Hall–Kier alpha value is -2.53. The van der Waals surface area contributed by atoms with Gasteiger partial charge in [-0.2, -0.15) is 0 Å². The summed E-state index contributed by atoms with van der Waals surface area (Å²) in [4.78, 5) is 15.5. The molecule has 22 heavy (non-hydrogen) atoms. The number of anilines is 1. The molecular formula is C17H11BrN2O2. The number of aromatic amines is 1. The molecule has 0 atom stereocenters. The van der Waals surface area contributed by atoms with Gasteiger partial charge in [-0.15, -0.1) is 0 Å². The van der Waals surface area contributed by atoms with Crippen LogP contribution in [0.15, 0.2) is 63.6 Å². The van der Waals surface area contributed by atoms with E-state index in [1.165, 1.54) is 0 Å². The second-order valence-corrected chi connectivity index (χ2v) is 5.82. The molecule has 4 rings (SSSR count). The maximum absolute atomic E-state index is 12.4. The van der Waals surface area contributed by atoms with Crippen molar-refractivity contribution in [1.29, 1.82) is 0 Å². The van der Waals surface area contributed by atoms with Crippen molar-refractivity contribution in [3.8, 4) is 0 Å². The first kappa shape index (κ1) is 13.2. The van der Waals surface area contributed by atoms with Crippen LogP contribution < -0.4 is 5.32 Å². The van der Waals surface area contributed by atoms with Gasteiger partial charge < -0.3 is 14.7 Å². The molecule has 0 saturated heterocycles. The number of H-pyrrole nitrogens is 1. The minimum Gasteiger partial charge on any atom is -0.451 e. The molecule has 2 aromatic carbocycles. The number of amides is 1. The van der Waals surface area contributed by atoms with E-state index < -0.39 is 0 Å². The highest BCUT2D eigenvalue weighted by Gasteiger charge is 2.15. The summed E-state index contributed by atoms with van der Waals surface area (Å²) in [6, 6.07) is 15.2. The third-order valence-electron chi connectivity index (χ3n) is 3.57. The number of carbonyl (C=O) groups is 1. The molecule has 108 valence electrons. The number of halogens is 1. The van der Waals surface area contributed by atoms with Crippen LogP contribution in [0.1, 0.15) is 10.6 Å². The van der Waals surface area contributed by atoms with E-state index in [2.05, 4.69) is 26.2 Å². The molecule has 0 saturated carbocycles. The summed E-state index contributed by atoms with van der Waals surface area (Å²) >= 11 is 3.46. The van der Waals surface area contributed by atoms with E-state index in [1.54, 1.807) is 12.3 Å². The van der Waals surface area contributed by atoms with Crippen LogP contribution in [-0.4, -0.2) is 10.9 Å². The zero-order valence-electron chi connectivity index (χ0n) is 11.4. The Morgan fingerprint density at radius 3 is 2.82 bits per heavy atom.